The molecule has 0 aliphatic rings. The van der Waals surface area contributed by atoms with E-state index in [9.17, 15) is 23.6 Å². The maximum Gasteiger partial charge on any atom is 0.376 e. The Morgan fingerprint density at radius 3 is 2.00 bits per heavy atom. The minimum atomic E-state index is -1.16. The molecular formula is C32H21ClFNO5. The zero-order chi connectivity index (χ0) is 28.2. The van der Waals surface area contributed by atoms with Crippen molar-refractivity contribution in [2.45, 2.75) is 12.5 Å². The summed E-state index contributed by atoms with van der Waals surface area (Å²) < 4.78 is 20.2. The smallest absolute Gasteiger partial charge is 0.376 e. The van der Waals surface area contributed by atoms with Crippen LogP contribution in [0.5, 0.6) is 0 Å². The van der Waals surface area contributed by atoms with E-state index in [1.807, 2.05) is 12.1 Å². The zero-order valence-corrected chi connectivity index (χ0v) is 21.7. The number of benzene rings is 4. The van der Waals surface area contributed by atoms with Crippen molar-refractivity contribution in [1.29, 1.82) is 0 Å². The third-order valence-electron chi connectivity index (χ3n) is 6.36. The van der Waals surface area contributed by atoms with E-state index < -0.39 is 41.8 Å². The van der Waals surface area contributed by atoms with Crippen LogP contribution in [0.15, 0.2) is 109 Å². The van der Waals surface area contributed by atoms with Gasteiger partial charge < -0.3 is 4.74 Å². The first kappa shape index (κ1) is 26.7. The Hall–Kier alpha value is -4.88. The molecule has 0 N–H and O–H groups in total. The molecule has 0 aliphatic heterocycles. The van der Waals surface area contributed by atoms with Gasteiger partial charge in [0.05, 0.1) is 11.9 Å². The number of Topliss-reactive ketones (excluding diaryl/α,β-unsaturated/α-hetero) is 2. The van der Waals surface area contributed by atoms with Crippen LogP contribution in [-0.2, 0) is 14.3 Å². The number of aromatic nitrogens is 1. The Morgan fingerprint density at radius 2 is 1.40 bits per heavy atom. The Balaban J connectivity index is 1.40. The van der Waals surface area contributed by atoms with Gasteiger partial charge in [-0.15, -0.1) is 0 Å². The summed E-state index contributed by atoms with van der Waals surface area (Å²) >= 11 is 6.16. The second kappa shape index (κ2) is 11.5. The van der Waals surface area contributed by atoms with Crippen molar-refractivity contribution >= 4 is 45.9 Å². The van der Waals surface area contributed by atoms with Gasteiger partial charge >= 0.3 is 5.97 Å². The van der Waals surface area contributed by atoms with Crippen molar-refractivity contribution in [3.05, 3.63) is 142 Å². The first-order valence-electron chi connectivity index (χ1n) is 12.3. The summed E-state index contributed by atoms with van der Waals surface area (Å²) in [5.74, 6) is -3.88. The van der Waals surface area contributed by atoms with Gasteiger partial charge in [0, 0.05) is 27.7 Å². The second-order valence-electron chi connectivity index (χ2n) is 9.02. The van der Waals surface area contributed by atoms with E-state index >= 15 is 0 Å². The molecule has 1 heterocycles. The molecule has 0 radical (unpaired) electrons. The van der Waals surface area contributed by atoms with Gasteiger partial charge in [-0.05, 0) is 53.6 Å². The maximum atomic E-state index is 13.4. The lowest BCUT2D eigenvalue weighted by Crippen LogP contribution is -2.23. The molecule has 0 saturated carbocycles. The normalized spacial score (nSPS) is 11.0. The zero-order valence-electron chi connectivity index (χ0n) is 20.9. The molecule has 0 atom stereocenters. The van der Waals surface area contributed by atoms with E-state index in [-0.39, 0.29) is 11.1 Å². The molecule has 0 unspecified atom stereocenters. The van der Waals surface area contributed by atoms with Crippen molar-refractivity contribution in [3.8, 4) is 0 Å². The highest BCUT2D eigenvalue weighted by atomic mass is 35.5. The van der Waals surface area contributed by atoms with Gasteiger partial charge in [-0.25, -0.2) is 9.18 Å². The van der Waals surface area contributed by atoms with Crippen LogP contribution in [0.25, 0.3) is 10.9 Å². The van der Waals surface area contributed by atoms with Crippen molar-refractivity contribution in [2.24, 2.45) is 0 Å². The topological polar surface area (TPSA) is 82.4 Å². The minimum absolute atomic E-state index is 0.0387. The van der Waals surface area contributed by atoms with E-state index in [1.54, 1.807) is 60.7 Å². The Labute approximate surface area is 233 Å². The van der Waals surface area contributed by atoms with Crippen LogP contribution in [0.1, 0.15) is 44.4 Å². The number of ether oxygens (including phenoxy) is 1. The summed E-state index contributed by atoms with van der Waals surface area (Å²) in [6, 6.07) is 27.5. The lowest BCUT2D eigenvalue weighted by atomic mass is 10.0. The predicted molar refractivity (Wildman–Crippen MR) is 148 cm³/mol. The summed E-state index contributed by atoms with van der Waals surface area (Å²) in [6.45, 7) is 0. The van der Waals surface area contributed by atoms with E-state index in [4.69, 9.17) is 16.3 Å². The number of carbonyl (C=O) groups excluding carboxylic acids is 4. The SMILES string of the molecule is O=C(CC(=O)c1cn(C(=O)c2ccc(F)cc2)c2ccc(Cl)cc12)C(=O)OC(c1ccccc1)c1ccccc1. The molecule has 0 aliphatic carbocycles. The third-order valence-corrected chi connectivity index (χ3v) is 6.59. The minimum Gasteiger partial charge on any atom is -0.447 e. The molecule has 1 aromatic heterocycles. The Kier molecular flexibility index (Phi) is 7.66. The first-order chi connectivity index (χ1) is 19.3. The molecule has 0 spiro atoms. The highest BCUT2D eigenvalue weighted by Crippen LogP contribution is 2.29. The molecular weight excluding hydrogens is 533 g/mol. The fourth-order valence-corrected chi connectivity index (χ4v) is 4.57. The molecule has 5 rings (SSSR count). The van der Waals surface area contributed by atoms with Gasteiger partial charge in [0.25, 0.3) is 5.91 Å². The average Bonchev–Trinajstić information content (AvgIpc) is 3.35. The molecule has 0 amide bonds. The van der Waals surface area contributed by atoms with E-state index in [2.05, 4.69) is 0 Å². The van der Waals surface area contributed by atoms with Gasteiger partial charge in [0.2, 0.25) is 5.78 Å². The number of hydrogen-bond donors (Lipinski definition) is 0. The van der Waals surface area contributed by atoms with Crippen molar-refractivity contribution < 1.29 is 28.3 Å². The van der Waals surface area contributed by atoms with Crippen molar-refractivity contribution in [2.75, 3.05) is 0 Å². The van der Waals surface area contributed by atoms with Crippen LogP contribution in [0.3, 0.4) is 0 Å². The molecule has 40 heavy (non-hydrogen) atoms. The van der Waals surface area contributed by atoms with Crippen LogP contribution >= 0.6 is 11.6 Å². The molecule has 8 heteroatoms. The van der Waals surface area contributed by atoms with Crippen LogP contribution < -0.4 is 0 Å². The number of esters is 1. The summed E-state index contributed by atoms with van der Waals surface area (Å²) in [7, 11) is 0. The monoisotopic (exact) mass is 553 g/mol. The fourth-order valence-electron chi connectivity index (χ4n) is 4.39. The molecule has 5 aromatic rings. The fraction of sp³-hybridized carbons (Fsp3) is 0.0625. The van der Waals surface area contributed by atoms with Crippen LogP contribution in [0.2, 0.25) is 5.02 Å². The highest BCUT2D eigenvalue weighted by molar-refractivity contribution is 6.39. The molecule has 0 saturated heterocycles. The number of nitrogens with zero attached hydrogens (tertiary/aromatic N) is 1. The van der Waals surface area contributed by atoms with Crippen LogP contribution in [-0.4, -0.2) is 28.0 Å². The molecule has 0 fully saturated rings. The number of ketones is 2. The Morgan fingerprint density at radius 1 is 0.800 bits per heavy atom. The average molecular weight is 554 g/mol. The van der Waals surface area contributed by atoms with E-state index in [0.717, 1.165) is 12.1 Å². The third kappa shape index (κ3) is 5.60. The molecule has 0 bridgehead atoms. The lowest BCUT2D eigenvalue weighted by molar-refractivity contribution is -0.156. The van der Waals surface area contributed by atoms with E-state index in [1.165, 1.54) is 29.0 Å². The molecule has 198 valence electrons. The van der Waals surface area contributed by atoms with Gasteiger partial charge in [0.1, 0.15) is 5.82 Å². The van der Waals surface area contributed by atoms with Crippen molar-refractivity contribution in [1.82, 2.24) is 4.57 Å². The highest BCUT2D eigenvalue weighted by Gasteiger charge is 2.28. The maximum absolute atomic E-state index is 13.4. The van der Waals surface area contributed by atoms with Crippen LogP contribution in [0, 0.1) is 5.82 Å². The standard InChI is InChI=1S/C32H21ClFNO5/c33-23-13-16-27-25(17-23)26(19-35(27)31(38)22-11-14-24(34)15-12-22)28(36)18-29(37)32(39)40-30(20-7-3-1-4-8-20)21-9-5-2-6-10-21/h1-17,19,30H,18H2. The van der Waals surface area contributed by atoms with E-state index in [0.29, 0.717) is 27.1 Å². The quantitative estimate of drug-likeness (QED) is 0.0936. The summed E-state index contributed by atoms with van der Waals surface area (Å²) in [5.41, 5.74) is 1.93. The first-order valence-corrected chi connectivity index (χ1v) is 12.7. The number of halogens is 2. The van der Waals surface area contributed by atoms with Gasteiger partial charge in [-0.3, -0.25) is 19.0 Å². The predicted octanol–water partition coefficient (Wildman–Crippen LogP) is 6.60. The second-order valence-corrected chi connectivity index (χ2v) is 9.45. The summed E-state index contributed by atoms with van der Waals surface area (Å²) in [5, 5.41) is 0.647. The number of rotatable bonds is 8. The molecule has 6 nitrogen and oxygen atoms in total. The van der Waals surface area contributed by atoms with Gasteiger partial charge in [-0.2, -0.15) is 0 Å². The van der Waals surface area contributed by atoms with Gasteiger partial charge in [-0.1, -0.05) is 72.3 Å². The molecule has 4 aromatic carbocycles. The lowest BCUT2D eigenvalue weighted by Gasteiger charge is -2.18. The Bertz CT molecular complexity index is 1690. The largest absolute Gasteiger partial charge is 0.447 e. The number of carbonyl (C=O) groups is 4. The number of hydrogen-bond acceptors (Lipinski definition) is 5. The number of fused-ring (bicyclic) bond motifs is 1. The van der Waals surface area contributed by atoms with Gasteiger partial charge in [0.15, 0.2) is 11.9 Å². The summed E-state index contributed by atoms with van der Waals surface area (Å²) in [4.78, 5) is 52.2. The van der Waals surface area contributed by atoms with Crippen molar-refractivity contribution in [3.63, 3.8) is 0 Å². The van der Waals surface area contributed by atoms with Crippen LogP contribution in [0.4, 0.5) is 4.39 Å². The summed E-state index contributed by atoms with van der Waals surface area (Å²) in [6.07, 6.45) is -0.321.